The number of likely N-dealkylation sites (tertiary alicyclic amines) is 1. The molecule has 7 nitrogen and oxygen atoms in total. The molecular weight excluding hydrogens is 342 g/mol. The fraction of sp³-hybridized carbons (Fsp3) is 0.471. The normalized spacial score (nSPS) is 25.6. The first-order chi connectivity index (χ1) is 11.7. The molecule has 0 bridgehead atoms. The van der Waals surface area contributed by atoms with Gasteiger partial charge in [-0.15, -0.1) is 12.4 Å². The summed E-state index contributed by atoms with van der Waals surface area (Å²) < 4.78 is 5.67. The number of nitrogens with zero attached hydrogens (tertiary/aromatic N) is 3. The van der Waals surface area contributed by atoms with Gasteiger partial charge in [0.1, 0.15) is 11.6 Å². The van der Waals surface area contributed by atoms with E-state index < -0.39 is 0 Å². The Morgan fingerprint density at radius 2 is 2.28 bits per heavy atom. The van der Waals surface area contributed by atoms with Gasteiger partial charge in [0, 0.05) is 19.1 Å². The number of nitriles is 1. The van der Waals surface area contributed by atoms with Gasteiger partial charge in [0.15, 0.2) is 5.58 Å². The van der Waals surface area contributed by atoms with Crippen LogP contribution in [-0.2, 0) is 4.79 Å². The summed E-state index contributed by atoms with van der Waals surface area (Å²) >= 11 is 0. The van der Waals surface area contributed by atoms with E-state index in [0.717, 1.165) is 23.9 Å². The Labute approximate surface area is 151 Å². The molecule has 4 rings (SSSR count). The van der Waals surface area contributed by atoms with E-state index in [9.17, 15) is 4.79 Å². The Bertz CT molecular complexity index is 769. The molecular formula is C17H20ClN5O2. The van der Waals surface area contributed by atoms with Gasteiger partial charge in [-0.05, 0) is 31.4 Å². The van der Waals surface area contributed by atoms with Crippen LogP contribution < -0.4 is 10.6 Å². The average Bonchev–Trinajstić information content (AvgIpc) is 3.32. The molecule has 0 unspecified atom stereocenters. The molecule has 2 aromatic rings. The summed E-state index contributed by atoms with van der Waals surface area (Å²) in [6.07, 6.45) is 2.34. The first kappa shape index (κ1) is 17.5. The van der Waals surface area contributed by atoms with Crippen LogP contribution in [0.25, 0.3) is 11.1 Å². The monoisotopic (exact) mass is 361 g/mol. The Kier molecular flexibility index (Phi) is 5.11. The number of para-hydroxylation sites is 2. The quantitative estimate of drug-likeness (QED) is 0.867. The second-order valence-electron chi connectivity index (χ2n) is 6.34. The van der Waals surface area contributed by atoms with Crippen molar-refractivity contribution in [3.63, 3.8) is 0 Å². The lowest BCUT2D eigenvalue weighted by Crippen LogP contribution is -2.45. The minimum atomic E-state index is -0.275. The van der Waals surface area contributed by atoms with Gasteiger partial charge in [0.25, 0.3) is 6.01 Å². The number of carbonyl (C=O) groups excluding carboxylic acids is 1. The van der Waals surface area contributed by atoms with E-state index in [-0.39, 0.29) is 36.4 Å². The Balaban J connectivity index is 0.00000182. The van der Waals surface area contributed by atoms with E-state index in [4.69, 9.17) is 9.68 Å². The van der Waals surface area contributed by atoms with Gasteiger partial charge in [0.2, 0.25) is 5.91 Å². The standard InChI is InChI=1S/C17H19N5O2.ClH/c18-9-12-4-3-7-22(12)16(23)14-8-11(10-19-14)20-17-21-13-5-1-2-6-15(13)24-17;/h1-2,5-6,11-12,14,19H,3-4,7-8,10H2,(H,20,21);1H/t11-,12-,14-;/m0./s1. The summed E-state index contributed by atoms with van der Waals surface area (Å²) in [5.41, 5.74) is 1.56. The van der Waals surface area contributed by atoms with Crippen molar-refractivity contribution >= 4 is 35.4 Å². The van der Waals surface area contributed by atoms with E-state index in [1.54, 1.807) is 4.90 Å². The number of rotatable bonds is 3. The van der Waals surface area contributed by atoms with Crippen molar-refractivity contribution in [3.05, 3.63) is 24.3 Å². The highest BCUT2D eigenvalue weighted by Crippen LogP contribution is 2.23. The fourth-order valence-electron chi connectivity index (χ4n) is 3.51. The molecule has 8 heteroatoms. The molecule has 0 radical (unpaired) electrons. The zero-order valence-corrected chi connectivity index (χ0v) is 14.5. The van der Waals surface area contributed by atoms with Crippen LogP contribution in [0.2, 0.25) is 0 Å². The largest absolute Gasteiger partial charge is 0.424 e. The van der Waals surface area contributed by atoms with Crippen LogP contribution >= 0.6 is 12.4 Å². The van der Waals surface area contributed by atoms with Crippen molar-refractivity contribution in [2.24, 2.45) is 0 Å². The molecule has 3 atom stereocenters. The lowest BCUT2D eigenvalue weighted by molar-refractivity contribution is -0.133. The smallest absolute Gasteiger partial charge is 0.295 e. The minimum absolute atomic E-state index is 0. The van der Waals surface area contributed by atoms with Crippen molar-refractivity contribution in [1.82, 2.24) is 15.2 Å². The SMILES string of the molecule is Cl.N#C[C@@H]1CCCN1C(=O)[C@@H]1C[C@H](Nc2nc3ccccc3o2)CN1. The van der Waals surface area contributed by atoms with E-state index in [1.807, 2.05) is 24.3 Å². The van der Waals surface area contributed by atoms with Crippen LogP contribution in [-0.4, -0.2) is 47.0 Å². The molecule has 0 aliphatic carbocycles. The van der Waals surface area contributed by atoms with Crippen molar-refractivity contribution in [3.8, 4) is 6.07 Å². The van der Waals surface area contributed by atoms with E-state index in [1.165, 1.54) is 0 Å². The Hall–Kier alpha value is -2.30. The van der Waals surface area contributed by atoms with Gasteiger partial charge in [-0.25, -0.2) is 0 Å². The third kappa shape index (κ3) is 3.41. The van der Waals surface area contributed by atoms with Gasteiger partial charge in [-0.2, -0.15) is 10.2 Å². The maximum Gasteiger partial charge on any atom is 0.295 e. The number of anilines is 1. The molecule has 1 aromatic carbocycles. The number of hydrogen-bond acceptors (Lipinski definition) is 6. The van der Waals surface area contributed by atoms with E-state index in [2.05, 4.69) is 21.7 Å². The highest BCUT2D eigenvalue weighted by Gasteiger charge is 2.37. The van der Waals surface area contributed by atoms with Crippen LogP contribution in [0, 0.1) is 11.3 Å². The summed E-state index contributed by atoms with van der Waals surface area (Å²) in [6, 6.07) is 9.86. The lowest BCUT2D eigenvalue weighted by Gasteiger charge is -2.23. The van der Waals surface area contributed by atoms with Gasteiger partial charge in [-0.3, -0.25) is 4.79 Å². The molecule has 132 valence electrons. The number of nitrogens with one attached hydrogen (secondary N) is 2. The second kappa shape index (κ2) is 7.30. The summed E-state index contributed by atoms with van der Waals surface area (Å²) in [6.45, 7) is 1.35. The third-order valence-electron chi connectivity index (χ3n) is 4.74. The number of benzene rings is 1. The third-order valence-corrected chi connectivity index (χ3v) is 4.74. The van der Waals surface area contributed by atoms with Crippen LogP contribution in [0.4, 0.5) is 6.01 Å². The first-order valence-electron chi connectivity index (χ1n) is 8.30. The number of fused-ring (bicyclic) bond motifs is 1. The van der Waals surface area contributed by atoms with Gasteiger partial charge >= 0.3 is 0 Å². The molecule has 0 saturated carbocycles. The number of amides is 1. The molecule has 2 aliphatic heterocycles. The van der Waals surface area contributed by atoms with Crippen LogP contribution in [0.3, 0.4) is 0 Å². The van der Waals surface area contributed by atoms with Crippen LogP contribution in [0.5, 0.6) is 0 Å². The number of carbonyl (C=O) groups is 1. The second-order valence-corrected chi connectivity index (χ2v) is 6.34. The van der Waals surface area contributed by atoms with E-state index >= 15 is 0 Å². The van der Waals surface area contributed by atoms with Crippen LogP contribution in [0.1, 0.15) is 19.3 Å². The topological polar surface area (TPSA) is 94.2 Å². The molecule has 2 fully saturated rings. The number of halogens is 1. The molecule has 0 spiro atoms. The predicted octanol–water partition coefficient (Wildman–Crippen LogP) is 1.91. The zero-order chi connectivity index (χ0) is 16.5. The lowest BCUT2D eigenvalue weighted by atomic mass is 10.1. The molecule has 1 aromatic heterocycles. The number of oxazole rings is 1. The number of aromatic nitrogens is 1. The van der Waals surface area contributed by atoms with Gasteiger partial charge in [0.05, 0.1) is 12.1 Å². The maximum absolute atomic E-state index is 12.6. The molecule has 1 amide bonds. The van der Waals surface area contributed by atoms with Crippen LogP contribution in [0.15, 0.2) is 28.7 Å². The molecule has 2 aliphatic rings. The highest BCUT2D eigenvalue weighted by molar-refractivity contribution is 5.85. The summed E-state index contributed by atoms with van der Waals surface area (Å²) in [5.74, 6) is 0.0286. The summed E-state index contributed by atoms with van der Waals surface area (Å²) in [4.78, 5) is 18.7. The zero-order valence-electron chi connectivity index (χ0n) is 13.6. The Morgan fingerprint density at radius 3 is 3.08 bits per heavy atom. The molecule has 3 heterocycles. The summed E-state index contributed by atoms with van der Waals surface area (Å²) in [7, 11) is 0. The van der Waals surface area contributed by atoms with Gasteiger partial charge in [-0.1, -0.05) is 12.1 Å². The van der Waals surface area contributed by atoms with Crippen molar-refractivity contribution < 1.29 is 9.21 Å². The average molecular weight is 362 g/mol. The van der Waals surface area contributed by atoms with Crippen molar-refractivity contribution in [2.45, 2.75) is 37.4 Å². The van der Waals surface area contributed by atoms with E-state index in [0.29, 0.717) is 25.5 Å². The molecule has 2 saturated heterocycles. The summed E-state index contributed by atoms with van der Waals surface area (Å²) in [5, 5.41) is 15.7. The fourth-order valence-corrected chi connectivity index (χ4v) is 3.51. The predicted molar refractivity (Wildman–Crippen MR) is 95.4 cm³/mol. The molecule has 25 heavy (non-hydrogen) atoms. The maximum atomic E-state index is 12.6. The van der Waals surface area contributed by atoms with Crippen molar-refractivity contribution in [1.29, 1.82) is 5.26 Å². The molecule has 2 N–H and O–H groups in total. The Morgan fingerprint density at radius 1 is 1.44 bits per heavy atom. The van der Waals surface area contributed by atoms with Gasteiger partial charge < -0.3 is 20.0 Å². The van der Waals surface area contributed by atoms with Crippen molar-refractivity contribution in [2.75, 3.05) is 18.4 Å². The minimum Gasteiger partial charge on any atom is -0.424 e. The number of hydrogen-bond donors (Lipinski definition) is 2. The highest BCUT2D eigenvalue weighted by atomic mass is 35.5. The first-order valence-corrected chi connectivity index (χ1v) is 8.30.